The van der Waals surface area contributed by atoms with Gasteiger partial charge in [0.2, 0.25) is 5.91 Å². The van der Waals surface area contributed by atoms with Crippen molar-refractivity contribution in [2.24, 2.45) is 0 Å². The maximum Gasteiger partial charge on any atom is 0.261 e. The van der Waals surface area contributed by atoms with Crippen LogP contribution in [0.2, 0.25) is 0 Å². The van der Waals surface area contributed by atoms with Gasteiger partial charge in [0.1, 0.15) is 0 Å². The van der Waals surface area contributed by atoms with Gasteiger partial charge < -0.3 is 0 Å². The molecule has 1 aromatic rings. The van der Waals surface area contributed by atoms with E-state index in [2.05, 4.69) is 0 Å². The first-order chi connectivity index (χ1) is 7.24. The van der Waals surface area contributed by atoms with E-state index in [9.17, 15) is 9.59 Å². The molecule has 0 N–H and O–H groups in total. The summed E-state index contributed by atoms with van der Waals surface area (Å²) >= 11 is 0. The Labute approximate surface area is 88.0 Å². The zero-order chi connectivity index (χ0) is 10.8. The Kier molecular flexibility index (Phi) is 2.37. The van der Waals surface area contributed by atoms with Crippen LogP contribution in [0.1, 0.15) is 13.3 Å². The molecule has 1 aliphatic rings. The average molecular weight is 201 g/mol. The summed E-state index contributed by atoms with van der Waals surface area (Å²) in [6, 6.07) is 8.99. The Morgan fingerprint density at radius 2 is 1.87 bits per heavy atom. The summed E-state index contributed by atoms with van der Waals surface area (Å²) < 4.78 is 0. The molecule has 0 spiro atoms. The van der Waals surface area contributed by atoms with Crippen molar-refractivity contribution in [3.63, 3.8) is 0 Å². The van der Waals surface area contributed by atoms with Gasteiger partial charge in [0.25, 0.3) is 5.91 Å². The van der Waals surface area contributed by atoms with E-state index in [4.69, 9.17) is 0 Å². The quantitative estimate of drug-likeness (QED) is 0.514. The number of anilines is 1. The number of amides is 2. The minimum Gasteiger partial charge on any atom is -0.274 e. The number of imide groups is 1. The van der Waals surface area contributed by atoms with Crippen molar-refractivity contribution in [1.82, 2.24) is 0 Å². The number of carbonyl (C=O) groups is 2. The van der Waals surface area contributed by atoms with Gasteiger partial charge in [-0.1, -0.05) is 24.3 Å². The fourth-order valence-corrected chi connectivity index (χ4v) is 1.64. The third-order valence-electron chi connectivity index (χ3n) is 2.43. The second kappa shape index (κ2) is 3.69. The number of hydrogen-bond acceptors (Lipinski definition) is 2. The van der Waals surface area contributed by atoms with E-state index in [0.717, 1.165) is 0 Å². The Morgan fingerprint density at radius 3 is 2.40 bits per heavy atom. The van der Waals surface area contributed by atoms with Crippen molar-refractivity contribution in [3.05, 3.63) is 42.0 Å². The highest BCUT2D eigenvalue weighted by Crippen LogP contribution is 2.25. The Morgan fingerprint density at radius 1 is 1.20 bits per heavy atom. The molecular formula is C12H11NO2. The molecule has 1 aromatic carbocycles. The van der Waals surface area contributed by atoms with E-state index >= 15 is 0 Å². The van der Waals surface area contributed by atoms with Crippen molar-refractivity contribution in [2.75, 3.05) is 4.90 Å². The highest BCUT2D eigenvalue weighted by molar-refractivity contribution is 6.28. The van der Waals surface area contributed by atoms with Crippen LogP contribution in [0.15, 0.2) is 42.0 Å². The summed E-state index contributed by atoms with van der Waals surface area (Å²) in [7, 11) is 0. The average Bonchev–Trinajstić information content (AvgIpc) is 2.55. The first-order valence-electron chi connectivity index (χ1n) is 4.81. The van der Waals surface area contributed by atoms with Gasteiger partial charge in [0.15, 0.2) is 0 Å². The molecule has 0 radical (unpaired) electrons. The minimum atomic E-state index is -0.200. The number of benzene rings is 1. The van der Waals surface area contributed by atoms with Gasteiger partial charge in [0.05, 0.1) is 12.1 Å². The Bertz CT molecular complexity index is 434. The van der Waals surface area contributed by atoms with Gasteiger partial charge in [0, 0.05) is 5.57 Å². The SMILES string of the molecule is C/C=C1\CC(=O)N(c2ccccc2)C1=O. The summed E-state index contributed by atoms with van der Waals surface area (Å²) in [5.41, 5.74) is 1.22. The van der Waals surface area contributed by atoms with Crippen molar-refractivity contribution in [2.45, 2.75) is 13.3 Å². The Balaban J connectivity index is 2.40. The minimum absolute atomic E-state index is 0.153. The van der Waals surface area contributed by atoms with E-state index in [0.29, 0.717) is 11.3 Å². The first-order valence-corrected chi connectivity index (χ1v) is 4.81. The normalized spacial score (nSPS) is 19.0. The smallest absolute Gasteiger partial charge is 0.261 e. The van der Waals surface area contributed by atoms with Crippen LogP contribution in [0, 0.1) is 0 Å². The van der Waals surface area contributed by atoms with Gasteiger partial charge >= 0.3 is 0 Å². The summed E-state index contributed by atoms with van der Waals surface area (Å²) in [6.07, 6.45) is 1.91. The zero-order valence-corrected chi connectivity index (χ0v) is 8.43. The molecule has 2 amide bonds. The van der Waals surface area contributed by atoms with Crippen molar-refractivity contribution < 1.29 is 9.59 Å². The lowest BCUT2D eigenvalue weighted by Crippen LogP contribution is -2.28. The van der Waals surface area contributed by atoms with Gasteiger partial charge in [-0.2, -0.15) is 0 Å². The summed E-state index contributed by atoms with van der Waals surface area (Å²) in [4.78, 5) is 24.6. The predicted molar refractivity (Wildman–Crippen MR) is 57.3 cm³/mol. The molecule has 1 saturated heterocycles. The predicted octanol–water partition coefficient (Wildman–Crippen LogP) is 1.90. The number of nitrogens with zero attached hydrogens (tertiary/aromatic N) is 1. The molecule has 0 atom stereocenters. The summed E-state index contributed by atoms with van der Waals surface area (Å²) in [5, 5.41) is 0. The van der Waals surface area contributed by atoms with Crippen molar-refractivity contribution in [3.8, 4) is 0 Å². The third kappa shape index (κ3) is 1.56. The summed E-state index contributed by atoms with van der Waals surface area (Å²) in [5.74, 6) is -0.354. The van der Waals surface area contributed by atoms with Crippen molar-refractivity contribution >= 4 is 17.5 Å². The molecule has 0 unspecified atom stereocenters. The third-order valence-corrected chi connectivity index (χ3v) is 2.43. The van der Waals surface area contributed by atoms with Gasteiger partial charge in [-0.05, 0) is 19.1 Å². The molecule has 0 aliphatic carbocycles. The number of hydrogen-bond donors (Lipinski definition) is 0. The lowest BCUT2D eigenvalue weighted by atomic mass is 10.2. The standard InChI is InChI=1S/C12H11NO2/c1-2-9-8-11(14)13(12(9)15)10-6-4-3-5-7-10/h2-7H,8H2,1H3/b9-2+. The van der Waals surface area contributed by atoms with E-state index < -0.39 is 0 Å². The molecule has 3 heteroatoms. The number of carbonyl (C=O) groups excluding carboxylic acids is 2. The molecule has 0 aromatic heterocycles. The van der Waals surface area contributed by atoms with Crippen LogP contribution in [0.4, 0.5) is 5.69 Å². The van der Waals surface area contributed by atoms with Gasteiger partial charge in [-0.25, -0.2) is 4.90 Å². The fraction of sp³-hybridized carbons (Fsp3) is 0.167. The number of rotatable bonds is 1. The largest absolute Gasteiger partial charge is 0.274 e. The maximum atomic E-state index is 11.8. The molecule has 3 nitrogen and oxygen atoms in total. The van der Waals surface area contributed by atoms with Crippen LogP contribution in [0.25, 0.3) is 0 Å². The lowest BCUT2D eigenvalue weighted by molar-refractivity contribution is -0.120. The molecule has 1 heterocycles. The monoisotopic (exact) mass is 201 g/mol. The molecule has 0 saturated carbocycles. The molecule has 0 bridgehead atoms. The highest BCUT2D eigenvalue weighted by Gasteiger charge is 2.34. The van der Waals surface area contributed by atoms with Crippen LogP contribution in [0.3, 0.4) is 0 Å². The van der Waals surface area contributed by atoms with Crippen LogP contribution in [-0.2, 0) is 9.59 Å². The van der Waals surface area contributed by atoms with Crippen LogP contribution < -0.4 is 4.90 Å². The topological polar surface area (TPSA) is 37.4 Å². The molecular weight excluding hydrogens is 190 g/mol. The molecule has 1 aliphatic heterocycles. The molecule has 76 valence electrons. The van der Waals surface area contributed by atoms with Gasteiger partial charge in [-0.15, -0.1) is 0 Å². The zero-order valence-electron chi connectivity index (χ0n) is 8.43. The highest BCUT2D eigenvalue weighted by atomic mass is 16.2. The molecule has 15 heavy (non-hydrogen) atoms. The lowest BCUT2D eigenvalue weighted by Gasteiger charge is -2.12. The second-order valence-corrected chi connectivity index (χ2v) is 3.36. The Hall–Kier alpha value is -1.90. The van der Waals surface area contributed by atoms with Crippen LogP contribution >= 0.6 is 0 Å². The van der Waals surface area contributed by atoms with E-state index in [1.807, 2.05) is 18.2 Å². The second-order valence-electron chi connectivity index (χ2n) is 3.36. The molecule has 1 fully saturated rings. The fourth-order valence-electron chi connectivity index (χ4n) is 1.64. The van der Waals surface area contributed by atoms with E-state index in [-0.39, 0.29) is 18.2 Å². The van der Waals surface area contributed by atoms with Gasteiger partial charge in [-0.3, -0.25) is 9.59 Å². The number of allylic oxidation sites excluding steroid dienone is 1. The first kappa shape index (κ1) is 9.65. The van der Waals surface area contributed by atoms with E-state index in [1.165, 1.54) is 4.90 Å². The van der Waals surface area contributed by atoms with E-state index in [1.54, 1.807) is 25.1 Å². The van der Waals surface area contributed by atoms with Crippen molar-refractivity contribution in [1.29, 1.82) is 0 Å². The molecule has 2 rings (SSSR count). The summed E-state index contributed by atoms with van der Waals surface area (Å²) in [6.45, 7) is 1.77. The van der Waals surface area contributed by atoms with Crippen LogP contribution in [0.5, 0.6) is 0 Å². The maximum absolute atomic E-state index is 11.8. The number of para-hydroxylation sites is 1. The van der Waals surface area contributed by atoms with Crippen LogP contribution in [-0.4, -0.2) is 11.8 Å².